The molecule has 0 unspecified atom stereocenters. The van der Waals surface area contributed by atoms with Gasteiger partial charge in [-0.05, 0) is 182 Å². The Kier molecular flexibility index (Phi) is 32.2. The molecule has 10 aromatic rings. The standard InChI is InChI=1S/C20H20F5N7O.C16H28BNO4.C16H21N5O2.C15H14F3IN4O.C6H5BrN4.C5H7F2N3.CH4/c21-16(22)12-31-11-14(10-26-31)27-19-28-18-15(2-1-7-32(18)29-19)13-4-8-30(9-5-13)17(33)3-6-20(23,24)25;1-14(2,3)20-13(19)18-10-8-12(9-11-18)17-21-15(4,5)16(6,7)22-17;1-16(2,3)23-15(22)20-9-6-11(7-10-20)12-5-4-8-21-13(12)18-14(17)19-21;16-15(17,18)6-3-12(24)22-8-4-10(5-9-22)11-2-1-7-23-13(11)20-14(19)21-23;7-4-2-1-3-11-5(4)9-6(8)10-11;6-5(7)3-10-2-4(8)1-9-10;/h1-2,4,7,10-11,16H,3,5-6,8-9,12H2,(H,27,29);8H,9-11H2,1-7H3;4-6,8H,7,9-10H2,1-3H3,(H2,17,19);1-2,4,7H,3,5-6,8-9H2;1-3H,(H2,8,10);1-2,5H,3,8H2;1H4. The summed E-state index contributed by atoms with van der Waals surface area (Å²) in [5, 5.41) is 27.0. The predicted molar refractivity (Wildman–Crippen MR) is 458 cm³/mol. The molecule has 4 amide bonds. The Bertz CT molecular complexity index is 5460. The molecule has 32 nitrogen and oxygen atoms in total. The summed E-state index contributed by atoms with van der Waals surface area (Å²) in [5.74, 6) is -0.194. The van der Waals surface area contributed by atoms with Gasteiger partial charge < -0.3 is 60.9 Å². The van der Waals surface area contributed by atoms with E-state index in [1.165, 1.54) is 34.6 Å². The Hall–Kier alpha value is -11.0. The highest BCUT2D eigenvalue weighted by molar-refractivity contribution is 14.1. The Labute approximate surface area is 730 Å². The summed E-state index contributed by atoms with van der Waals surface area (Å²) in [6, 6.07) is 15.1. The normalized spacial score (nSPS) is 16.0. The Morgan fingerprint density at radius 1 is 0.540 bits per heavy atom. The Morgan fingerprint density at radius 2 is 0.935 bits per heavy atom. The summed E-state index contributed by atoms with van der Waals surface area (Å²) >= 11 is 5.37. The number of nitrogens with one attached hydrogen (secondary N) is 1. The molecule has 15 heterocycles. The van der Waals surface area contributed by atoms with Crippen molar-refractivity contribution in [2.24, 2.45) is 0 Å². The molecular formula is C79H99BBrF10IN24O8. The average molecular weight is 1920 g/mol. The van der Waals surface area contributed by atoms with Crippen LogP contribution in [0.4, 0.5) is 82.7 Å². The van der Waals surface area contributed by atoms with Crippen LogP contribution in [-0.2, 0) is 41.5 Å². The first-order valence-corrected chi connectivity index (χ1v) is 40.7. The number of alkyl halides is 10. The van der Waals surface area contributed by atoms with Crippen LogP contribution >= 0.6 is 38.5 Å². The van der Waals surface area contributed by atoms with Crippen molar-refractivity contribution in [1.29, 1.82) is 0 Å². The number of anilines is 5. The molecule has 5 aliphatic heterocycles. The molecule has 5 aliphatic rings. The summed E-state index contributed by atoms with van der Waals surface area (Å²) in [5.41, 5.74) is 25.2. The van der Waals surface area contributed by atoms with E-state index < -0.39 is 87.0 Å². The Morgan fingerprint density at radius 3 is 1.35 bits per heavy atom. The lowest BCUT2D eigenvalue weighted by Crippen LogP contribution is -2.41. The molecule has 7 N–H and O–H groups in total. The number of nitrogen functional groups attached to an aromatic ring is 3. The lowest BCUT2D eigenvalue weighted by molar-refractivity contribution is -0.148. The van der Waals surface area contributed by atoms with Crippen LogP contribution in [0.25, 0.3) is 39.3 Å². The summed E-state index contributed by atoms with van der Waals surface area (Å²) in [6.45, 7) is 22.1. The van der Waals surface area contributed by atoms with Crippen LogP contribution in [0, 0.1) is 3.83 Å². The third-order valence-corrected chi connectivity index (χ3v) is 20.4. The van der Waals surface area contributed by atoms with Crippen molar-refractivity contribution in [3.8, 4) is 0 Å². The molecule has 45 heteroatoms. The lowest BCUT2D eigenvalue weighted by atomic mass is 9.75. The van der Waals surface area contributed by atoms with Gasteiger partial charge in [0.25, 0.3) is 12.9 Å². The van der Waals surface area contributed by atoms with Gasteiger partial charge >= 0.3 is 31.7 Å². The number of hydrogen-bond donors (Lipinski definition) is 4. The SMILES string of the molecule is C.CC(C)(C)OC(=O)N1CC=C(B2OC(C)(C)C(C)(C)O2)CC1.CC(C)(C)OC(=O)N1CC=C(c2cccn3nc(N)nc23)CC1.Nc1cnn(CC(F)F)c1.Nc1nc2c(Br)cccn2n1.O=C(CCC(F)(F)F)N1CC=C(c2cccn3nc(I)nc23)CC1.O=C(CCC(F)(F)F)N1CC=C(c2cccn3nc(Nc4cnn(CC(F)F)c4)nc23)CC1. The van der Waals surface area contributed by atoms with Crippen LogP contribution in [-0.4, -0.2) is 229 Å². The van der Waals surface area contributed by atoms with E-state index in [1.807, 2.05) is 165 Å². The zero-order valence-corrected chi connectivity index (χ0v) is 72.7. The first-order chi connectivity index (χ1) is 57.7. The topological polar surface area (TPSA) is 365 Å². The van der Waals surface area contributed by atoms with Gasteiger partial charge in [-0.2, -0.15) is 51.5 Å². The second kappa shape index (κ2) is 41.2. The summed E-state index contributed by atoms with van der Waals surface area (Å²) < 4.78 is 155. The van der Waals surface area contributed by atoms with Gasteiger partial charge in [0, 0.05) is 142 Å². The maximum Gasteiger partial charge on any atom is 0.490 e. The molecule has 0 aromatic carbocycles. The molecule has 0 radical (unpaired) electrons. The van der Waals surface area contributed by atoms with Gasteiger partial charge in [0.1, 0.15) is 24.3 Å². The van der Waals surface area contributed by atoms with Crippen molar-refractivity contribution in [3.05, 3.63) is 153 Å². The third-order valence-electron chi connectivity index (χ3n) is 19.3. The minimum atomic E-state index is -4.36. The maximum absolute atomic E-state index is 12.5. The quantitative estimate of drug-likeness (QED) is 0.0446. The zero-order chi connectivity index (χ0) is 89.7. The molecular weight excluding hydrogens is 1820 g/mol. The third kappa shape index (κ3) is 27.8. The highest BCUT2D eigenvalue weighted by atomic mass is 127. The van der Waals surface area contributed by atoms with Crippen LogP contribution < -0.4 is 22.5 Å². The van der Waals surface area contributed by atoms with Crippen LogP contribution in [0.2, 0.25) is 0 Å². The second-order valence-electron chi connectivity index (χ2n) is 31.6. The van der Waals surface area contributed by atoms with Crippen molar-refractivity contribution in [2.45, 2.75) is 189 Å². The van der Waals surface area contributed by atoms with Crippen LogP contribution in [0.3, 0.4) is 0 Å². The fourth-order valence-corrected chi connectivity index (χ4v) is 13.6. The average Bonchev–Trinajstić information content (AvgIpc) is 1.62. The first kappa shape index (κ1) is 96.8. The van der Waals surface area contributed by atoms with E-state index >= 15 is 0 Å². The van der Waals surface area contributed by atoms with Crippen molar-refractivity contribution in [2.75, 3.05) is 74.9 Å². The maximum atomic E-state index is 12.5. The fraction of sp³-hybridized carbons (Fsp3) is 0.468. The van der Waals surface area contributed by atoms with Crippen molar-refractivity contribution >= 4 is 138 Å². The van der Waals surface area contributed by atoms with Crippen molar-refractivity contribution < 1.29 is 81.9 Å². The number of halogens is 12. The van der Waals surface area contributed by atoms with Gasteiger partial charge in [0.2, 0.25) is 33.5 Å². The van der Waals surface area contributed by atoms with Crippen LogP contribution in [0.1, 0.15) is 145 Å². The fourth-order valence-electron chi connectivity index (χ4n) is 12.7. The summed E-state index contributed by atoms with van der Waals surface area (Å²) in [6.07, 6.45) is 5.57. The van der Waals surface area contributed by atoms with E-state index in [1.54, 1.807) is 52.4 Å². The van der Waals surface area contributed by atoms with Crippen LogP contribution in [0.5, 0.6) is 0 Å². The number of aromatic nitrogens is 16. The van der Waals surface area contributed by atoms with E-state index in [9.17, 15) is 63.1 Å². The second-order valence-corrected chi connectivity index (χ2v) is 33.4. The largest absolute Gasteiger partial charge is 0.490 e. The lowest BCUT2D eigenvalue weighted by Gasteiger charge is -2.32. The summed E-state index contributed by atoms with van der Waals surface area (Å²) in [4.78, 5) is 71.5. The number of carbonyl (C=O) groups excluding carboxylic acids is 4. The monoisotopic (exact) mass is 1920 g/mol. The molecule has 0 spiro atoms. The van der Waals surface area contributed by atoms with Gasteiger partial charge in [-0.1, -0.05) is 31.7 Å². The highest BCUT2D eigenvalue weighted by Gasteiger charge is 2.52. The number of pyridine rings is 4. The van der Waals surface area contributed by atoms with E-state index in [0.717, 1.165) is 82.5 Å². The van der Waals surface area contributed by atoms with E-state index in [2.05, 4.69) is 71.8 Å². The zero-order valence-electron chi connectivity index (χ0n) is 69.0. The number of amides is 4. The van der Waals surface area contributed by atoms with Gasteiger partial charge in [-0.25, -0.2) is 50.2 Å². The Balaban J connectivity index is 0.000000175. The summed E-state index contributed by atoms with van der Waals surface area (Å²) in [7, 11) is -0.314. The number of fused-ring (bicyclic) bond motifs is 4. The van der Waals surface area contributed by atoms with Gasteiger partial charge in [-0.15, -0.1) is 20.4 Å². The molecule has 670 valence electrons. The number of rotatable bonds is 14. The number of nitrogens with zero attached hydrogens (tertiary/aromatic N) is 20. The highest BCUT2D eigenvalue weighted by Crippen LogP contribution is 2.40. The molecule has 0 bridgehead atoms. The number of ether oxygens (including phenoxy) is 2. The molecule has 10 aromatic heterocycles. The number of nitrogens with two attached hydrogens (primary N) is 3. The van der Waals surface area contributed by atoms with Gasteiger partial charge in [-0.3, -0.25) is 19.0 Å². The smallest absolute Gasteiger partial charge is 0.444 e. The molecule has 1 saturated heterocycles. The van der Waals surface area contributed by atoms with E-state index in [4.69, 9.17) is 36.0 Å². The van der Waals surface area contributed by atoms with E-state index in [0.29, 0.717) is 79.5 Å². The predicted octanol–water partition coefficient (Wildman–Crippen LogP) is 15.1. The van der Waals surface area contributed by atoms with Gasteiger partial charge in [0.05, 0.1) is 52.3 Å². The first-order valence-electron chi connectivity index (χ1n) is 38.9. The molecule has 0 atom stereocenters. The molecule has 15 rings (SSSR count). The molecule has 124 heavy (non-hydrogen) atoms. The molecule has 1 fully saturated rings. The molecule has 0 aliphatic carbocycles. The number of hydrogen-bond acceptors (Lipinski definition) is 22. The minimum absolute atomic E-state index is 0. The number of carbonyl (C=O) groups is 4. The van der Waals surface area contributed by atoms with E-state index in [-0.39, 0.29) is 62.3 Å². The van der Waals surface area contributed by atoms with Crippen molar-refractivity contribution in [1.82, 2.24) is 97.6 Å². The van der Waals surface area contributed by atoms with Crippen LogP contribution in [0.15, 0.2) is 132 Å². The molecule has 0 saturated carbocycles. The minimum Gasteiger partial charge on any atom is -0.444 e. The van der Waals surface area contributed by atoms with Gasteiger partial charge in [0.15, 0.2) is 22.6 Å². The van der Waals surface area contributed by atoms with Crippen molar-refractivity contribution in [3.63, 3.8) is 0 Å².